The Balaban J connectivity index is 2.05. The van der Waals surface area contributed by atoms with Crippen molar-refractivity contribution in [3.05, 3.63) is 54.6 Å². The molecule has 0 spiro atoms. The van der Waals surface area contributed by atoms with Crippen LogP contribution in [0.4, 0.5) is 5.69 Å². The molecule has 0 aliphatic heterocycles. The largest absolute Gasteiger partial charge is 0.484 e. The Labute approximate surface area is 148 Å². The van der Waals surface area contributed by atoms with Gasteiger partial charge in [-0.05, 0) is 50.2 Å². The van der Waals surface area contributed by atoms with Gasteiger partial charge in [0.05, 0.1) is 10.6 Å². The van der Waals surface area contributed by atoms with Gasteiger partial charge in [0.2, 0.25) is 0 Å². The predicted molar refractivity (Wildman–Crippen MR) is 97.2 cm³/mol. The van der Waals surface area contributed by atoms with E-state index in [9.17, 15) is 13.2 Å². The van der Waals surface area contributed by atoms with Crippen LogP contribution in [0.15, 0.2) is 59.5 Å². The molecular weight excluding hydrogens is 340 g/mol. The van der Waals surface area contributed by atoms with Gasteiger partial charge in [-0.3, -0.25) is 9.10 Å². The van der Waals surface area contributed by atoms with Crippen molar-refractivity contribution in [1.82, 2.24) is 5.32 Å². The van der Waals surface area contributed by atoms with Crippen molar-refractivity contribution < 1.29 is 17.9 Å². The van der Waals surface area contributed by atoms with Gasteiger partial charge in [-0.25, -0.2) is 8.42 Å². The number of ether oxygens (including phenoxy) is 1. The second-order valence-electron chi connectivity index (χ2n) is 5.79. The number of sulfonamides is 1. The molecule has 0 aromatic heterocycles. The van der Waals surface area contributed by atoms with Crippen LogP contribution in [-0.4, -0.2) is 34.0 Å². The molecule has 1 N–H and O–H groups in total. The van der Waals surface area contributed by atoms with E-state index in [0.717, 1.165) is 0 Å². The third kappa shape index (κ3) is 4.96. The zero-order chi connectivity index (χ0) is 18.4. The molecule has 25 heavy (non-hydrogen) atoms. The zero-order valence-electron chi connectivity index (χ0n) is 14.5. The maximum atomic E-state index is 12.6. The number of carbonyl (C=O) groups excluding carboxylic acids is 1. The number of nitrogens with one attached hydrogen (secondary N) is 1. The molecule has 0 aliphatic carbocycles. The summed E-state index contributed by atoms with van der Waals surface area (Å²) in [6.07, 6.45) is 0. The molecule has 7 heteroatoms. The van der Waals surface area contributed by atoms with Gasteiger partial charge in [0.15, 0.2) is 6.61 Å². The van der Waals surface area contributed by atoms with Crippen molar-refractivity contribution in [3.63, 3.8) is 0 Å². The Kier molecular flexibility index (Phi) is 6.03. The van der Waals surface area contributed by atoms with E-state index < -0.39 is 10.0 Å². The number of carbonyl (C=O) groups is 1. The number of hydrogen-bond donors (Lipinski definition) is 1. The number of benzene rings is 2. The molecule has 1 amide bonds. The van der Waals surface area contributed by atoms with Crippen LogP contribution in [0, 0.1) is 0 Å². The third-order valence-corrected chi connectivity index (χ3v) is 5.22. The van der Waals surface area contributed by atoms with E-state index in [1.165, 1.54) is 11.4 Å². The molecule has 6 nitrogen and oxygen atoms in total. The average Bonchev–Trinajstić information content (AvgIpc) is 2.60. The van der Waals surface area contributed by atoms with E-state index in [0.29, 0.717) is 11.4 Å². The summed E-state index contributed by atoms with van der Waals surface area (Å²) < 4.78 is 31.8. The first kappa shape index (κ1) is 18.8. The van der Waals surface area contributed by atoms with Crippen LogP contribution in [-0.2, 0) is 14.8 Å². The topological polar surface area (TPSA) is 75.7 Å². The van der Waals surface area contributed by atoms with Crippen molar-refractivity contribution in [3.8, 4) is 5.75 Å². The van der Waals surface area contributed by atoms with Gasteiger partial charge in [0, 0.05) is 13.1 Å². The van der Waals surface area contributed by atoms with Gasteiger partial charge < -0.3 is 10.1 Å². The highest BCUT2D eigenvalue weighted by Crippen LogP contribution is 2.24. The lowest BCUT2D eigenvalue weighted by Crippen LogP contribution is -2.34. The van der Waals surface area contributed by atoms with Gasteiger partial charge in [-0.15, -0.1) is 0 Å². The molecule has 0 heterocycles. The second-order valence-corrected chi connectivity index (χ2v) is 7.76. The van der Waals surface area contributed by atoms with Crippen LogP contribution < -0.4 is 14.4 Å². The number of amides is 1. The lowest BCUT2D eigenvalue weighted by atomic mass is 10.3. The Bertz CT molecular complexity index is 803. The van der Waals surface area contributed by atoms with Crippen LogP contribution in [0.5, 0.6) is 5.75 Å². The fraction of sp³-hybridized carbons (Fsp3) is 0.278. The summed E-state index contributed by atoms with van der Waals surface area (Å²) >= 11 is 0. The average molecular weight is 362 g/mol. The summed E-state index contributed by atoms with van der Waals surface area (Å²) in [4.78, 5) is 11.8. The summed E-state index contributed by atoms with van der Waals surface area (Å²) in [6, 6.07) is 14.8. The quantitative estimate of drug-likeness (QED) is 0.821. The summed E-state index contributed by atoms with van der Waals surface area (Å²) in [5, 5.41) is 2.73. The number of anilines is 1. The Hall–Kier alpha value is -2.54. The van der Waals surface area contributed by atoms with E-state index in [1.54, 1.807) is 54.6 Å². The monoisotopic (exact) mass is 362 g/mol. The molecule has 0 radical (unpaired) electrons. The predicted octanol–water partition coefficient (Wildman–Crippen LogP) is 2.42. The molecule has 2 aromatic rings. The van der Waals surface area contributed by atoms with E-state index >= 15 is 0 Å². The maximum absolute atomic E-state index is 12.6. The lowest BCUT2D eigenvalue weighted by Gasteiger charge is -2.19. The molecule has 134 valence electrons. The Morgan fingerprint density at radius 1 is 1.08 bits per heavy atom. The van der Waals surface area contributed by atoms with Gasteiger partial charge in [0.1, 0.15) is 5.75 Å². The van der Waals surface area contributed by atoms with Gasteiger partial charge in [-0.2, -0.15) is 0 Å². The SMILES string of the molecule is CC(C)NC(=O)COc1ccc(N(C)S(=O)(=O)c2ccccc2)cc1. The van der Waals surface area contributed by atoms with E-state index in [1.807, 2.05) is 13.8 Å². The van der Waals surface area contributed by atoms with Crippen LogP contribution in [0.1, 0.15) is 13.8 Å². The number of hydrogen-bond acceptors (Lipinski definition) is 4. The first-order valence-electron chi connectivity index (χ1n) is 7.87. The zero-order valence-corrected chi connectivity index (χ0v) is 15.3. The molecule has 0 unspecified atom stereocenters. The van der Waals surface area contributed by atoms with Gasteiger partial charge >= 0.3 is 0 Å². The summed E-state index contributed by atoms with van der Waals surface area (Å²) in [5.41, 5.74) is 0.503. The molecule has 0 fully saturated rings. The summed E-state index contributed by atoms with van der Waals surface area (Å²) in [7, 11) is -2.12. The van der Waals surface area contributed by atoms with Crippen molar-refractivity contribution in [2.45, 2.75) is 24.8 Å². The van der Waals surface area contributed by atoms with Crippen molar-refractivity contribution >= 4 is 21.6 Å². The van der Waals surface area contributed by atoms with Crippen molar-refractivity contribution in [2.24, 2.45) is 0 Å². The molecule has 0 aliphatic rings. The minimum atomic E-state index is -3.62. The molecule has 2 aromatic carbocycles. The highest BCUT2D eigenvalue weighted by molar-refractivity contribution is 7.92. The van der Waals surface area contributed by atoms with Crippen LogP contribution >= 0.6 is 0 Å². The van der Waals surface area contributed by atoms with Crippen molar-refractivity contribution in [1.29, 1.82) is 0 Å². The normalized spacial score (nSPS) is 11.2. The molecule has 0 saturated carbocycles. The fourth-order valence-electron chi connectivity index (χ4n) is 2.15. The summed E-state index contributed by atoms with van der Waals surface area (Å²) in [5.74, 6) is 0.288. The van der Waals surface area contributed by atoms with Crippen LogP contribution in [0.25, 0.3) is 0 Å². The summed E-state index contributed by atoms with van der Waals surface area (Å²) in [6.45, 7) is 3.65. The first-order chi connectivity index (χ1) is 11.8. The number of nitrogens with zero attached hydrogens (tertiary/aromatic N) is 1. The molecule has 0 saturated heterocycles. The molecule has 0 atom stereocenters. The second kappa shape index (κ2) is 8.02. The molecular formula is C18H22N2O4S. The Morgan fingerprint density at radius 3 is 2.24 bits per heavy atom. The molecule has 2 rings (SSSR count). The molecule has 0 bridgehead atoms. The maximum Gasteiger partial charge on any atom is 0.264 e. The minimum Gasteiger partial charge on any atom is -0.484 e. The fourth-order valence-corrected chi connectivity index (χ4v) is 3.37. The standard InChI is InChI=1S/C18H22N2O4S/c1-14(2)19-18(21)13-24-16-11-9-15(10-12-16)20(3)25(22,23)17-7-5-4-6-8-17/h4-12,14H,13H2,1-3H3,(H,19,21). The smallest absolute Gasteiger partial charge is 0.264 e. The van der Waals surface area contributed by atoms with Crippen LogP contribution in [0.3, 0.4) is 0 Å². The van der Waals surface area contributed by atoms with Crippen molar-refractivity contribution in [2.75, 3.05) is 18.0 Å². The highest BCUT2D eigenvalue weighted by atomic mass is 32.2. The van der Waals surface area contributed by atoms with E-state index in [-0.39, 0.29) is 23.5 Å². The lowest BCUT2D eigenvalue weighted by molar-refractivity contribution is -0.123. The minimum absolute atomic E-state index is 0.0512. The van der Waals surface area contributed by atoms with Crippen LogP contribution in [0.2, 0.25) is 0 Å². The first-order valence-corrected chi connectivity index (χ1v) is 9.31. The van der Waals surface area contributed by atoms with E-state index in [4.69, 9.17) is 4.74 Å². The van der Waals surface area contributed by atoms with Gasteiger partial charge in [-0.1, -0.05) is 18.2 Å². The number of rotatable bonds is 7. The van der Waals surface area contributed by atoms with E-state index in [2.05, 4.69) is 5.32 Å². The highest BCUT2D eigenvalue weighted by Gasteiger charge is 2.20. The Morgan fingerprint density at radius 2 is 1.68 bits per heavy atom. The third-order valence-electron chi connectivity index (χ3n) is 3.42. The van der Waals surface area contributed by atoms with Gasteiger partial charge in [0.25, 0.3) is 15.9 Å².